The van der Waals surface area contributed by atoms with E-state index in [9.17, 15) is 0 Å². The zero-order valence-electron chi connectivity index (χ0n) is 6.23. The topological polar surface area (TPSA) is 0 Å². The maximum absolute atomic E-state index is 5.88. The average Bonchev–Trinajstić information content (AvgIpc) is 2.08. The molecule has 1 aliphatic rings. The summed E-state index contributed by atoms with van der Waals surface area (Å²) in [6.07, 6.45) is 0. The zero-order chi connectivity index (χ0) is 9.46. The molecule has 0 radical (unpaired) electrons. The number of halogens is 6. The third kappa shape index (κ3) is 3.03. The minimum atomic E-state index is -0.437. The highest BCUT2D eigenvalue weighted by molar-refractivity contribution is 7.59. The average molecular weight is 325 g/mol. The molecule has 0 N–H and O–H groups in total. The fourth-order valence-electron chi connectivity index (χ4n) is 1.05. The molecule has 1 fully saturated rings. The van der Waals surface area contributed by atoms with E-state index in [0.717, 1.165) is 0 Å². The molecule has 0 saturated heterocycles. The molecule has 1 aliphatic carbocycles. The van der Waals surface area contributed by atoms with Crippen molar-refractivity contribution in [3.05, 3.63) is 0 Å². The van der Waals surface area contributed by atoms with Crippen LogP contribution in [0.1, 0.15) is 0 Å². The van der Waals surface area contributed by atoms with Gasteiger partial charge in [-0.2, -0.15) is 13.5 Å². The van der Waals surface area contributed by atoms with E-state index >= 15 is 0 Å². The molecule has 0 aliphatic heterocycles. The highest BCUT2D eigenvalue weighted by Gasteiger charge is 2.46. The third-order valence-electron chi connectivity index (χ3n) is 1.83. The van der Waals surface area contributed by atoms with E-state index in [0.29, 0.717) is 0 Å². The monoisotopic (exact) mass is 322 g/mol. The van der Waals surface area contributed by atoms with Crippen molar-refractivity contribution < 1.29 is 0 Å². The van der Waals surface area contributed by atoms with Gasteiger partial charge in [-0.05, 0) is 0 Å². The summed E-state index contributed by atoms with van der Waals surface area (Å²) in [6.45, 7) is 0. The molecule has 80 valence electrons. The van der Waals surface area contributed by atoms with Crippen LogP contribution < -0.4 is 0 Å². The van der Waals surface area contributed by atoms with Crippen molar-refractivity contribution in [3.63, 3.8) is 0 Å². The van der Waals surface area contributed by atoms with Gasteiger partial charge in [0, 0.05) is 0 Å². The molecule has 0 unspecified atom stereocenters. The van der Waals surface area contributed by atoms with Gasteiger partial charge in [0.1, 0.15) is 0 Å². The van der Waals surface area contributed by atoms with Gasteiger partial charge in [-0.1, -0.05) is 0 Å². The standard InChI is InChI=1S/C6H6Cl6.H2S/c7-1-2(8)4(10)6(12)5(11)3(1)9;/h1-6H;1H2/t1-,2-,3-,4+,5+,6+;. The van der Waals surface area contributed by atoms with Crippen LogP contribution in [0.4, 0.5) is 0 Å². The zero-order valence-corrected chi connectivity index (χ0v) is 11.8. The minimum Gasteiger partial charge on any atom is -0.197 e. The lowest BCUT2D eigenvalue weighted by Gasteiger charge is -2.37. The minimum absolute atomic E-state index is 0. The summed E-state index contributed by atoms with van der Waals surface area (Å²) in [6, 6.07) is 0. The van der Waals surface area contributed by atoms with Crippen LogP contribution in [0.3, 0.4) is 0 Å². The Morgan fingerprint density at radius 3 is 0.538 bits per heavy atom. The second kappa shape index (κ2) is 5.98. The van der Waals surface area contributed by atoms with Gasteiger partial charge in [0.2, 0.25) is 0 Å². The summed E-state index contributed by atoms with van der Waals surface area (Å²) in [5.74, 6) is 0. The smallest absolute Gasteiger partial charge is 0.0693 e. The van der Waals surface area contributed by atoms with Crippen LogP contribution in [0.15, 0.2) is 0 Å². The summed E-state index contributed by atoms with van der Waals surface area (Å²) in [7, 11) is 0. The van der Waals surface area contributed by atoms with E-state index < -0.39 is 32.3 Å². The molecule has 0 aromatic carbocycles. The van der Waals surface area contributed by atoms with E-state index in [1.54, 1.807) is 0 Å². The van der Waals surface area contributed by atoms with Gasteiger partial charge >= 0.3 is 0 Å². The predicted octanol–water partition coefficient (Wildman–Crippen LogP) is 3.76. The molecular weight excluding hydrogens is 317 g/mol. The van der Waals surface area contributed by atoms with Gasteiger partial charge < -0.3 is 0 Å². The van der Waals surface area contributed by atoms with E-state index in [1.165, 1.54) is 0 Å². The van der Waals surface area contributed by atoms with Crippen molar-refractivity contribution in [2.75, 3.05) is 0 Å². The Balaban J connectivity index is 0.00000144. The predicted molar refractivity (Wildman–Crippen MR) is 68.2 cm³/mol. The van der Waals surface area contributed by atoms with Gasteiger partial charge in [0.25, 0.3) is 0 Å². The first-order chi connectivity index (χ1) is 5.46. The quantitative estimate of drug-likeness (QED) is 0.595. The molecule has 0 aromatic rings. The first kappa shape index (κ1) is 15.1. The van der Waals surface area contributed by atoms with Crippen molar-refractivity contribution >= 4 is 83.1 Å². The Hall–Kier alpha value is 2.09. The lowest BCUT2D eigenvalue weighted by Crippen LogP contribution is -2.52. The normalized spacial score (nSPS) is 51.2. The number of alkyl halides is 6. The summed E-state index contributed by atoms with van der Waals surface area (Å²) < 4.78 is 0. The van der Waals surface area contributed by atoms with Crippen LogP contribution in [-0.4, -0.2) is 32.3 Å². The first-order valence-electron chi connectivity index (χ1n) is 3.31. The highest BCUT2D eigenvalue weighted by Crippen LogP contribution is 2.39. The van der Waals surface area contributed by atoms with Gasteiger partial charge in [0.15, 0.2) is 0 Å². The van der Waals surface area contributed by atoms with Crippen molar-refractivity contribution in [3.8, 4) is 0 Å². The lowest BCUT2D eigenvalue weighted by molar-refractivity contribution is 0.544. The largest absolute Gasteiger partial charge is 0.197 e. The summed E-state index contributed by atoms with van der Waals surface area (Å²) in [5, 5.41) is -2.62. The lowest BCUT2D eigenvalue weighted by atomic mass is 9.97. The Kier molecular flexibility index (Phi) is 6.94. The Morgan fingerprint density at radius 1 is 0.385 bits per heavy atom. The van der Waals surface area contributed by atoms with Crippen LogP contribution in [0.5, 0.6) is 0 Å². The van der Waals surface area contributed by atoms with Gasteiger partial charge in [0.05, 0.1) is 32.3 Å². The molecule has 0 amide bonds. The number of hydrogen-bond donors (Lipinski definition) is 0. The van der Waals surface area contributed by atoms with E-state index in [-0.39, 0.29) is 13.5 Å². The summed E-state index contributed by atoms with van der Waals surface area (Å²) in [5.41, 5.74) is 0. The van der Waals surface area contributed by atoms with Crippen LogP contribution in [0, 0.1) is 0 Å². The Morgan fingerprint density at radius 2 is 0.462 bits per heavy atom. The third-order valence-corrected chi connectivity index (χ3v) is 5.86. The fraction of sp³-hybridized carbons (Fsp3) is 1.00. The van der Waals surface area contributed by atoms with Gasteiger partial charge in [-0.25, -0.2) is 0 Å². The molecule has 13 heavy (non-hydrogen) atoms. The van der Waals surface area contributed by atoms with E-state index in [2.05, 4.69) is 0 Å². The maximum Gasteiger partial charge on any atom is 0.0693 e. The second-order valence-corrected chi connectivity index (χ2v) is 5.69. The van der Waals surface area contributed by atoms with E-state index in [4.69, 9.17) is 69.6 Å². The highest BCUT2D eigenvalue weighted by atomic mass is 35.5. The molecular formula is C6H8Cl6S. The molecule has 1 rings (SSSR count). The molecule has 0 aromatic heterocycles. The molecule has 0 spiro atoms. The summed E-state index contributed by atoms with van der Waals surface area (Å²) in [4.78, 5) is 0. The second-order valence-electron chi connectivity index (χ2n) is 2.67. The number of rotatable bonds is 0. The molecule has 1 saturated carbocycles. The van der Waals surface area contributed by atoms with Crippen molar-refractivity contribution in [2.24, 2.45) is 0 Å². The van der Waals surface area contributed by atoms with Crippen LogP contribution in [0.25, 0.3) is 0 Å². The fourth-order valence-corrected chi connectivity index (χ4v) is 3.38. The SMILES string of the molecule is Cl[C@H]1[C@H](Cl)[C@@H](Cl)[C@@H](Cl)[C@H](Cl)[C@H]1Cl.S. The van der Waals surface area contributed by atoms with Gasteiger partial charge in [-0.3, -0.25) is 0 Å². The molecule has 0 atom stereocenters. The van der Waals surface area contributed by atoms with Crippen molar-refractivity contribution in [1.82, 2.24) is 0 Å². The Labute approximate surface area is 115 Å². The van der Waals surface area contributed by atoms with Crippen molar-refractivity contribution in [2.45, 2.75) is 32.3 Å². The van der Waals surface area contributed by atoms with Crippen LogP contribution in [-0.2, 0) is 0 Å². The summed E-state index contributed by atoms with van der Waals surface area (Å²) >= 11 is 35.3. The van der Waals surface area contributed by atoms with E-state index in [1.807, 2.05) is 0 Å². The van der Waals surface area contributed by atoms with Crippen LogP contribution in [0.2, 0.25) is 0 Å². The Bertz CT molecular complexity index is 109. The number of hydrogen-bond acceptors (Lipinski definition) is 0. The maximum atomic E-state index is 5.88. The first-order valence-corrected chi connectivity index (χ1v) is 5.93. The molecule has 0 bridgehead atoms. The van der Waals surface area contributed by atoms with Gasteiger partial charge in [-0.15, -0.1) is 69.6 Å². The van der Waals surface area contributed by atoms with Crippen LogP contribution >= 0.6 is 83.1 Å². The molecule has 7 heteroatoms. The molecule has 0 heterocycles. The molecule has 0 nitrogen and oxygen atoms in total. The van der Waals surface area contributed by atoms with Crippen molar-refractivity contribution in [1.29, 1.82) is 0 Å².